The fourth-order valence-corrected chi connectivity index (χ4v) is 1.30. The lowest BCUT2D eigenvalue weighted by atomic mass is 10.1. The van der Waals surface area contributed by atoms with Gasteiger partial charge in [-0.3, -0.25) is 0 Å². The third-order valence-corrected chi connectivity index (χ3v) is 2.04. The van der Waals surface area contributed by atoms with E-state index in [4.69, 9.17) is 10.5 Å². The number of halogens is 2. The molecule has 3 nitrogen and oxygen atoms in total. The first-order valence-corrected chi connectivity index (χ1v) is 4.56. The van der Waals surface area contributed by atoms with E-state index in [9.17, 15) is 8.78 Å². The van der Waals surface area contributed by atoms with Gasteiger partial charge < -0.3 is 10.5 Å². The second-order valence-electron chi connectivity index (χ2n) is 3.41. The summed E-state index contributed by atoms with van der Waals surface area (Å²) in [5, 5.41) is 0. The Hall–Kier alpha value is -1.23. The van der Waals surface area contributed by atoms with Gasteiger partial charge in [-0.25, -0.2) is 13.8 Å². The van der Waals surface area contributed by atoms with E-state index in [0.717, 1.165) is 5.56 Å². The third-order valence-electron chi connectivity index (χ3n) is 2.04. The average molecular weight is 216 g/mol. The van der Waals surface area contributed by atoms with Crippen LogP contribution in [0.3, 0.4) is 0 Å². The van der Waals surface area contributed by atoms with Crippen LogP contribution in [0.15, 0.2) is 12.3 Å². The van der Waals surface area contributed by atoms with Gasteiger partial charge in [-0.15, -0.1) is 0 Å². The number of methoxy groups -OCH3 is 1. The van der Waals surface area contributed by atoms with Gasteiger partial charge >= 0.3 is 0 Å². The van der Waals surface area contributed by atoms with Gasteiger partial charge in [0.05, 0.1) is 13.7 Å². The lowest BCUT2D eigenvalue weighted by Crippen LogP contribution is -2.30. The smallest absolute Gasteiger partial charge is 0.264 e. The molecule has 0 saturated heterocycles. The first-order chi connectivity index (χ1) is 6.98. The van der Waals surface area contributed by atoms with Crippen LogP contribution in [-0.4, -0.2) is 24.6 Å². The summed E-state index contributed by atoms with van der Waals surface area (Å²) >= 11 is 0. The molecule has 2 N–H and O–H groups in total. The van der Waals surface area contributed by atoms with Gasteiger partial charge in [0.25, 0.3) is 5.92 Å². The summed E-state index contributed by atoms with van der Waals surface area (Å²) < 4.78 is 30.9. The number of rotatable bonds is 4. The summed E-state index contributed by atoms with van der Waals surface area (Å²) in [6.45, 7) is 1.11. The van der Waals surface area contributed by atoms with Gasteiger partial charge in [0.1, 0.15) is 0 Å². The highest BCUT2D eigenvalue weighted by Gasteiger charge is 2.27. The molecule has 0 atom stereocenters. The predicted octanol–water partition coefficient (Wildman–Crippen LogP) is 1.54. The molecule has 0 radical (unpaired) electrons. The number of hydrogen-bond acceptors (Lipinski definition) is 3. The predicted molar refractivity (Wildman–Crippen MR) is 53.2 cm³/mol. The van der Waals surface area contributed by atoms with E-state index in [0.29, 0.717) is 11.4 Å². The maximum atomic E-state index is 13.0. The summed E-state index contributed by atoms with van der Waals surface area (Å²) in [5.74, 6) is -2.42. The zero-order chi connectivity index (χ0) is 11.5. The fourth-order valence-electron chi connectivity index (χ4n) is 1.30. The second kappa shape index (κ2) is 4.53. The van der Waals surface area contributed by atoms with Crippen LogP contribution < -0.4 is 10.5 Å². The SMILES string of the molecule is COc1ncc(CC(F)(F)CN)cc1C. The van der Waals surface area contributed by atoms with Crippen molar-refractivity contribution in [3.8, 4) is 5.88 Å². The van der Waals surface area contributed by atoms with E-state index in [1.54, 1.807) is 13.0 Å². The molecule has 0 bridgehead atoms. The van der Waals surface area contributed by atoms with Crippen LogP contribution >= 0.6 is 0 Å². The fraction of sp³-hybridized carbons (Fsp3) is 0.500. The number of aromatic nitrogens is 1. The maximum Gasteiger partial charge on any atom is 0.264 e. The van der Waals surface area contributed by atoms with Crippen molar-refractivity contribution in [2.75, 3.05) is 13.7 Å². The molecule has 1 heterocycles. The highest BCUT2D eigenvalue weighted by molar-refractivity contribution is 5.29. The van der Waals surface area contributed by atoms with Crippen molar-refractivity contribution in [1.82, 2.24) is 4.98 Å². The standard InChI is InChI=1S/C10H14F2N2O/c1-7-3-8(4-10(11,12)6-13)5-14-9(7)15-2/h3,5H,4,6,13H2,1-2H3. The molecule has 1 aromatic rings. The lowest BCUT2D eigenvalue weighted by Gasteiger charge is -2.14. The summed E-state index contributed by atoms with van der Waals surface area (Å²) in [7, 11) is 1.49. The Morgan fingerprint density at radius 1 is 1.53 bits per heavy atom. The summed E-state index contributed by atoms with van der Waals surface area (Å²) in [6.07, 6.45) is 0.997. The Morgan fingerprint density at radius 2 is 2.20 bits per heavy atom. The Morgan fingerprint density at radius 3 is 2.67 bits per heavy atom. The minimum Gasteiger partial charge on any atom is -0.481 e. The minimum atomic E-state index is -2.87. The Bertz CT molecular complexity index is 342. The number of hydrogen-bond donors (Lipinski definition) is 1. The number of ether oxygens (including phenoxy) is 1. The topological polar surface area (TPSA) is 48.1 Å². The third kappa shape index (κ3) is 3.13. The van der Waals surface area contributed by atoms with E-state index in [1.807, 2.05) is 0 Å². The first kappa shape index (κ1) is 11.8. The summed E-state index contributed by atoms with van der Waals surface area (Å²) in [5.41, 5.74) is 6.15. The molecule has 0 aliphatic rings. The first-order valence-electron chi connectivity index (χ1n) is 4.56. The molecule has 0 unspecified atom stereocenters. The van der Waals surface area contributed by atoms with Crippen molar-refractivity contribution in [3.63, 3.8) is 0 Å². The normalized spacial score (nSPS) is 11.5. The van der Waals surface area contributed by atoms with E-state index in [2.05, 4.69) is 4.98 Å². The average Bonchev–Trinajstić information content (AvgIpc) is 2.17. The minimum absolute atomic E-state index is 0.388. The van der Waals surface area contributed by atoms with Gasteiger partial charge in [-0.2, -0.15) is 0 Å². The molecule has 1 rings (SSSR count). The molecule has 84 valence electrons. The largest absolute Gasteiger partial charge is 0.481 e. The van der Waals surface area contributed by atoms with E-state index < -0.39 is 12.5 Å². The molecular weight excluding hydrogens is 202 g/mol. The maximum absolute atomic E-state index is 13.0. The Balaban J connectivity index is 2.84. The molecule has 1 aromatic heterocycles. The molecular formula is C10H14F2N2O. The van der Waals surface area contributed by atoms with Gasteiger partial charge in [-0.1, -0.05) is 0 Å². The molecule has 5 heteroatoms. The molecule has 0 fully saturated rings. The van der Waals surface area contributed by atoms with Crippen LogP contribution in [0, 0.1) is 6.92 Å². The Labute approximate surface area is 87.3 Å². The van der Waals surface area contributed by atoms with Crippen LogP contribution in [0.2, 0.25) is 0 Å². The summed E-state index contributed by atoms with van der Waals surface area (Å²) in [6, 6.07) is 1.63. The van der Waals surface area contributed by atoms with Gasteiger partial charge in [0.2, 0.25) is 5.88 Å². The molecule has 0 saturated carbocycles. The highest BCUT2D eigenvalue weighted by Crippen LogP contribution is 2.21. The Kier molecular flexibility index (Phi) is 3.57. The molecule has 0 aliphatic carbocycles. The van der Waals surface area contributed by atoms with Crippen molar-refractivity contribution in [2.45, 2.75) is 19.3 Å². The van der Waals surface area contributed by atoms with Crippen molar-refractivity contribution in [3.05, 3.63) is 23.4 Å². The van der Waals surface area contributed by atoms with Gasteiger partial charge in [0.15, 0.2) is 0 Å². The van der Waals surface area contributed by atoms with Gasteiger partial charge in [0, 0.05) is 18.2 Å². The van der Waals surface area contributed by atoms with E-state index in [-0.39, 0.29) is 6.42 Å². The van der Waals surface area contributed by atoms with Crippen molar-refractivity contribution in [2.24, 2.45) is 5.73 Å². The van der Waals surface area contributed by atoms with Crippen LogP contribution in [0.4, 0.5) is 8.78 Å². The molecule has 0 amide bonds. The van der Waals surface area contributed by atoms with Crippen LogP contribution in [0.25, 0.3) is 0 Å². The molecule has 0 aromatic carbocycles. The molecule has 0 aliphatic heterocycles. The lowest BCUT2D eigenvalue weighted by molar-refractivity contribution is 0.0114. The zero-order valence-electron chi connectivity index (χ0n) is 8.76. The van der Waals surface area contributed by atoms with Crippen molar-refractivity contribution in [1.29, 1.82) is 0 Å². The van der Waals surface area contributed by atoms with Crippen molar-refractivity contribution >= 4 is 0 Å². The number of alkyl halides is 2. The zero-order valence-corrected chi connectivity index (χ0v) is 8.76. The van der Waals surface area contributed by atoms with Crippen molar-refractivity contribution < 1.29 is 13.5 Å². The van der Waals surface area contributed by atoms with E-state index in [1.165, 1.54) is 13.3 Å². The van der Waals surface area contributed by atoms with Gasteiger partial charge in [-0.05, 0) is 18.6 Å². The number of nitrogens with two attached hydrogens (primary N) is 1. The van der Waals surface area contributed by atoms with E-state index >= 15 is 0 Å². The van der Waals surface area contributed by atoms with Crippen LogP contribution in [-0.2, 0) is 6.42 Å². The monoisotopic (exact) mass is 216 g/mol. The number of pyridine rings is 1. The molecule has 15 heavy (non-hydrogen) atoms. The van der Waals surface area contributed by atoms with Crippen LogP contribution in [0.5, 0.6) is 5.88 Å². The summed E-state index contributed by atoms with van der Waals surface area (Å²) in [4.78, 5) is 3.92. The highest BCUT2D eigenvalue weighted by atomic mass is 19.3. The molecule has 0 spiro atoms. The number of nitrogens with zero attached hydrogens (tertiary/aromatic N) is 1. The van der Waals surface area contributed by atoms with Crippen LogP contribution in [0.1, 0.15) is 11.1 Å². The quantitative estimate of drug-likeness (QED) is 0.830. The number of aryl methyl sites for hydroxylation is 1. The second-order valence-corrected chi connectivity index (χ2v) is 3.41.